The molecule has 2 nitrogen and oxygen atoms in total. The average Bonchev–Trinajstić information content (AvgIpc) is 2.71. The molecule has 1 aliphatic heterocycles. The zero-order chi connectivity index (χ0) is 11.1. The Morgan fingerprint density at radius 3 is 2.67 bits per heavy atom. The van der Waals surface area contributed by atoms with Crippen molar-refractivity contribution < 1.29 is 4.79 Å². The molecule has 1 unspecified atom stereocenters. The summed E-state index contributed by atoms with van der Waals surface area (Å²) in [4.78, 5) is 12.9. The molecule has 1 saturated heterocycles. The third-order valence-electron chi connectivity index (χ3n) is 3.71. The van der Waals surface area contributed by atoms with E-state index in [2.05, 4.69) is 43.6 Å². The molecule has 1 fully saturated rings. The molecular weight excluding hydrogens is 206 g/mol. The summed E-state index contributed by atoms with van der Waals surface area (Å²) in [6.45, 7) is 6.42. The highest BCUT2D eigenvalue weighted by Crippen LogP contribution is 2.47. The largest absolute Gasteiger partial charge is 0.350 e. The normalized spacial score (nSPS) is 29.1. The number of rotatable bonds is 2. The molecule has 82 valence electrons. The van der Waals surface area contributed by atoms with Gasteiger partial charge >= 0.3 is 0 Å². The average molecular weight is 223 g/mol. The molecule has 1 amide bonds. The fourth-order valence-corrected chi connectivity index (χ4v) is 3.85. The molecule has 3 heteroatoms. The summed E-state index contributed by atoms with van der Waals surface area (Å²) in [7, 11) is 0. The van der Waals surface area contributed by atoms with Crippen molar-refractivity contribution in [2.75, 3.05) is 0 Å². The molecule has 0 bridgehead atoms. The Morgan fingerprint density at radius 1 is 1.53 bits per heavy atom. The summed E-state index contributed by atoms with van der Waals surface area (Å²) in [6.07, 6.45) is 1.62. The summed E-state index contributed by atoms with van der Waals surface area (Å²) in [5.41, 5.74) is -0.151. The summed E-state index contributed by atoms with van der Waals surface area (Å²) < 4.78 is 0. The fraction of sp³-hybridized carbons (Fsp3) is 0.583. The van der Waals surface area contributed by atoms with Crippen molar-refractivity contribution in [2.24, 2.45) is 0 Å². The molecule has 0 aliphatic carbocycles. The second-order valence-electron chi connectivity index (χ2n) is 4.76. The highest BCUT2D eigenvalue weighted by Gasteiger charge is 2.52. The van der Waals surface area contributed by atoms with Gasteiger partial charge in [-0.25, -0.2) is 0 Å². The Hall–Kier alpha value is -0.830. The third kappa shape index (κ3) is 1.41. The number of nitrogens with one attached hydrogen (secondary N) is 1. The zero-order valence-electron chi connectivity index (χ0n) is 9.46. The van der Waals surface area contributed by atoms with Crippen molar-refractivity contribution in [3.8, 4) is 0 Å². The van der Waals surface area contributed by atoms with Crippen molar-refractivity contribution in [1.82, 2.24) is 5.32 Å². The summed E-state index contributed by atoms with van der Waals surface area (Å²) >= 11 is 1.76. The van der Waals surface area contributed by atoms with Gasteiger partial charge in [-0.2, -0.15) is 0 Å². The van der Waals surface area contributed by atoms with E-state index in [0.717, 1.165) is 6.42 Å². The first-order valence-electron chi connectivity index (χ1n) is 5.37. The van der Waals surface area contributed by atoms with Crippen molar-refractivity contribution in [3.05, 3.63) is 22.4 Å². The monoisotopic (exact) mass is 223 g/mol. The quantitative estimate of drug-likeness (QED) is 0.820. The molecule has 1 aliphatic rings. The molecule has 0 aromatic carbocycles. The summed E-state index contributed by atoms with van der Waals surface area (Å²) in [6, 6.07) is 4.21. The first-order valence-corrected chi connectivity index (χ1v) is 6.25. The van der Waals surface area contributed by atoms with Gasteiger partial charge in [0.1, 0.15) is 0 Å². The molecule has 1 aromatic heterocycles. The fourth-order valence-electron chi connectivity index (χ4n) is 2.69. The third-order valence-corrected chi connectivity index (χ3v) is 4.78. The van der Waals surface area contributed by atoms with Crippen LogP contribution in [-0.2, 0) is 10.2 Å². The van der Waals surface area contributed by atoms with E-state index in [1.54, 1.807) is 11.3 Å². The maximum atomic E-state index is 11.6. The van der Waals surface area contributed by atoms with Crippen LogP contribution < -0.4 is 5.32 Å². The highest BCUT2D eigenvalue weighted by atomic mass is 32.1. The van der Waals surface area contributed by atoms with Crippen LogP contribution in [0.2, 0.25) is 0 Å². The first kappa shape index (κ1) is 10.7. The lowest BCUT2D eigenvalue weighted by Crippen LogP contribution is -2.49. The van der Waals surface area contributed by atoms with E-state index >= 15 is 0 Å². The molecule has 1 aromatic rings. The van der Waals surface area contributed by atoms with Crippen LogP contribution in [0.4, 0.5) is 0 Å². The molecule has 0 saturated carbocycles. The number of thiophene rings is 1. The van der Waals surface area contributed by atoms with E-state index in [9.17, 15) is 4.79 Å². The topological polar surface area (TPSA) is 29.1 Å². The predicted molar refractivity (Wildman–Crippen MR) is 63.1 cm³/mol. The van der Waals surface area contributed by atoms with Crippen LogP contribution in [0, 0.1) is 0 Å². The van der Waals surface area contributed by atoms with Gasteiger partial charge in [-0.05, 0) is 31.7 Å². The lowest BCUT2D eigenvalue weighted by Gasteiger charge is -2.39. The van der Waals surface area contributed by atoms with Gasteiger partial charge in [-0.3, -0.25) is 4.79 Å². The maximum absolute atomic E-state index is 11.6. The smallest absolute Gasteiger partial charge is 0.221 e. The molecule has 2 rings (SSSR count). The minimum atomic E-state index is -0.135. The van der Waals surface area contributed by atoms with Crippen LogP contribution in [0.15, 0.2) is 17.5 Å². The number of hydrogen-bond donors (Lipinski definition) is 1. The lowest BCUT2D eigenvalue weighted by atomic mass is 9.69. The van der Waals surface area contributed by atoms with E-state index in [1.807, 2.05) is 0 Å². The van der Waals surface area contributed by atoms with Crippen LogP contribution in [0.5, 0.6) is 0 Å². The SMILES string of the molecule is CCC1(c2cccs2)CC(=O)NC1(C)C. The van der Waals surface area contributed by atoms with Gasteiger partial charge in [0.05, 0.1) is 0 Å². The Morgan fingerprint density at radius 2 is 2.27 bits per heavy atom. The maximum Gasteiger partial charge on any atom is 0.221 e. The molecule has 0 spiro atoms. The summed E-state index contributed by atoms with van der Waals surface area (Å²) in [5, 5.41) is 5.18. The summed E-state index contributed by atoms with van der Waals surface area (Å²) in [5.74, 6) is 0.176. The minimum Gasteiger partial charge on any atom is -0.350 e. The molecule has 1 N–H and O–H groups in total. The van der Waals surface area contributed by atoms with E-state index in [4.69, 9.17) is 0 Å². The van der Waals surface area contributed by atoms with Crippen LogP contribution in [0.3, 0.4) is 0 Å². The molecule has 1 atom stereocenters. The van der Waals surface area contributed by atoms with E-state index in [-0.39, 0.29) is 16.9 Å². The Bertz CT molecular complexity index is 369. The standard InChI is InChI=1S/C12H17NOS/c1-4-12(9-6-5-7-15-9)8-10(14)13-11(12,2)3/h5-7H,4,8H2,1-3H3,(H,13,14). The second kappa shape index (κ2) is 3.34. The second-order valence-corrected chi connectivity index (χ2v) is 5.71. The van der Waals surface area contributed by atoms with Crippen LogP contribution in [-0.4, -0.2) is 11.4 Å². The highest BCUT2D eigenvalue weighted by molar-refractivity contribution is 7.10. The Labute approximate surface area is 94.7 Å². The predicted octanol–water partition coefficient (Wildman–Crippen LogP) is 2.69. The van der Waals surface area contributed by atoms with Crippen molar-refractivity contribution in [1.29, 1.82) is 0 Å². The Kier molecular flexibility index (Phi) is 2.38. The molecule has 15 heavy (non-hydrogen) atoms. The first-order chi connectivity index (χ1) is 7.02. The van der Waals surface area contributed by atoms with Gasteiger partial charge in [0.15, 0.2) is 0 Å². The number of amides is 1. The van der Waals surface area contributed by atoms with Crippen molar-refractivity contribution in [3.63, 3.8) is 0 Å². The number of carbonyl (C=O) groups excluding carboxylic acids is 1. The van der Waals surface area contributed by atoms with Gasteiger partial charge < -0.3 is 5.32 Å². The van der Waals surface area contributed by atoms with E-state index in [0.29, 0.717) is 6.42 Å². The zero-order valence-corrected chi connectivity index (χ0v) is 10.3. The Balaban J connectivity index is 2.50. The van der Waals surface area contributed by atoms with Crippen LogP contribution >= 0.6 is 11.3 Å². The van der Waals surface area contributed by atoms with E-state index in [1.165, 1.54) is 4.88 Å². The molecular formula is C12H17NOS. The van der Waals surface area contributed by atoms with Crippen molar-refractivity contribution >= 4 is 17.2 Å². The van der Waals surface area contributed by atoms with E-state index < -0.39 is 0 Å². The molecule has 0 radical (unpaired) electrons. The van der Waals surface area contributed by atoms with Crippen LogP contribution in [0.25, 0.3) is 0 Å². The number of hydrogen-bond acceptors (Lipinski definition) is 2. The minimum absolute atomic E-state index is 0.0156. The number of carbonyl (C=O) groups is 1. The lowest BCUT2D eigenvalue weighted by molar-refractivity contribution is -0.119. The van der Waals surface area contributed by atoms with Gasteiger partial charge in [0.2, 0.25) is 5.91 Å². The van der Waals surface area contributed by atoms with Gasteiger partial charge in [0, 0.05) is 22.3 Å². The van der Waals surface area contributed by atoms with Gasteiger partial charge in [-0.15, -0.1) is 11.3 Å². The van der Waals surface area contributed by atoms with Crippen molar-refractivity contribution in [2.45, 2.75) is 44.6 Å². The molecule has 2 heterocycles. The van der Waals surface area contributed by atoms with Gasteiger partial charge in [0.25, 0.3) is 0 Å². The van der Waals surface area contributed by atoms with Gasteiger partial charge in [-0.1, -0.05) is 13.0 Å². The van der Waals surface area contributed by atoms with Crippen LogP contribution in [0.1, 0.15) is 38.5 Å².